The predicted octanol–water partition coefficient (Wildman–Crippen LogP) is 5.20. The fourth-order valence-corrected chi connectivity index (χ4v) is 3.57. The van der Waals surface area contributed by atoms with Crippen molar-refractivity contribution in [2.24, 2.45) is 16.2 Å². The smallest absolute Gasteiger partial charge is 0.550 e. The summed E-state index contributed by atoms with van der Waals surface area (Å²) in [6.45, 7) is 17.4. The fraction of sp³-hybridized carbons (Fsp3) is 0.900. The van der Waals surface area contributed by atoms with E-state index in [2.05, 4.69) is 20.8 Å². The van der Waals surface area contributed by atoms with Gasteiger partial charge in [-0.05, 0) is 38.5 Å². The number of aliphatic carboxylic acids is 3. The third-order valence-electron chi connectivity index (χ3n) is 7.82. The summed E-state index contributed by atoms with van der Waals surface area (Å²) >= 11 is 0. The third kappa shape index (κ3) is 20.2. The van der Waals surface area contributed by atoms with Crippen molar-refractivity contribution < 1.29 is 65.3 Å². The van der Waals surface area contributed by atoms with Crippen LogP contribution in [0.4, 0.5) is 0 Å². The Morgan fingerprint density at radius 3 is 0.757 bits per heavy atom. The zero-order valence-corrected chi connectivity index (χ0v) is 29.3. The predicted molar refractivity (Wildman–Crippen MR) is 143 cm³/mol. The third-order valence-corrected chi connectivity index (χ3v) is 7.82. The molecule has 0 radical (unpaired) electrons. The van der Waals surface area contributed by atoms with E-state index in [4.69, 9.17) is 0 Å². The van der Waals surface area contributed by atoms with Gasteiger partial charge in [-0.3, -0.25) is 0 Å². The molecule has 0 aromatic carbocycles. The summed E-state index contributed by atoms with van der Waals surface area (Å²) in [4.78, 5) is 32.2. The summed E-state index contributed by atoms with van der Waals surface area (Å²) in [5, 5.41) is 32.2. The molecular weight excluding hydrogens is 595 g/mol. The molecule has 3 atom stereocenters. The van der Waals surface area contributed by atoms with Gasteiger partial charge < -0.3 is 29.7 Å². The van der Waals surface area contributed by atoms with Crippen molar-refractivity contribution in [3.8, 4) is 0 Å². The van der Waals surface area contributed by atoms with Crippen LogP contribution in [0, 0.1) is 51.8 Å². The molecule has 0 saturated heterocycles. The first kappa shape index (κ1) is 43.7. The molecule has 7 heteroatoms. The number of hydrogen-bond donors (Lipinski definition) is 0. The minimum atomic E-state index is -0.902. The van der Waals surface area contributed by atoms with E-state index in [-0.39, 0.29) is 35.6 Å². The molecule has 216 valence electrons. The van der Waals surface area contributed by atoms with Crippen LogP contribution in [0.15, 0.2) is 0 Å². The van der Waals surface area contributed by atoms with Crippen molar-refractivity contribution in [1.29, 1.82) is 0 Å². The second-order valence-corrected chi connectivity index (χ2v) is 11.0. The average molecular weight is 653 g/mol. The molecule has 0 aliphatic carbocycles. The Hall–Kier alpha value is -0.395. The van der Waals surface area contributed by atoms with Crippen LogP contribution < -0.4 is 15.3 Å². The van der Waals surface area contributed by atoms with Gasteiger partial charge in [0.05, 0.1) is 0 Å². The Bertz CT molecular complexity index is 516. The van der Waals surface area contributed by atoms with Crippen molar-refractivity contribution >= 4 is 17.9 Å². The Balaban J connectivity index is -0.000000218. The van der Waals surface area contributed by atoms with Crippen molar-refractivity contribution in [2.45, 2.75) is 159 Å². The number of carboxylic acid groups (broad SMARTS) is 3. The number of carboxylic acids is 3. The van der Waals surface area contributed by atoms with Crippen LogP contribution in [0.1, 0.15) is 159 Å². The van der Waals surface area contributed by atoms with Crippen LogP contribution in [0.3, 0.4) is 0 Å². The van der Waals surface area contributed by atoms with Gasteiger partial charge in [0.2, 0.25) is 0 Å². The Labute approximate surface area is 256 Å². The second-order valence-electron chi connectivity index (χ2n) is 11.0. The normalized spacial score (nSPS) is 15.2. The summed E-state index contributed by atoms with van der Waals surface area (Å²) in [5.41, 5.74) is -1.81. The zero-order chi connectivity index (χ0) is 28.8. The van der Waals surface area contributed by atoms with Gasteiger partial charge in [-0.15, -0.1) is 0 Å². The fourth-order valence-electron chi connectivity index (χ4n) is 3.57. The molecule has 0 saturated carbocycles. The largest absolute Gasteiger partial charge is 3.00 e. The molecule has 0 fully saturated rings. The molecular formula is C30H57LaO6. The molecule has 0 aromatic rings. The van der Waals surface area contributed by atoms with E-state index >= 15 is 0 Å². The average Bonchev–Trinajstić information content (AvgIpc) is 2.84. The molecule has 3 unspecified atom stereocenters. The van der Waals surface area contributed by atoms with Crippen molar-refractivity contribution in [1.82, 2.24) is 0 Å². The first-order valence-corrected chi connectivity index (χ1v) is 14.3. The molecule has 0 aromatic heterocycles. The van der Waals surface area contributed by atoms with E-state index in [1.807, 2.05) is 20.8 Å². The first-order chi connectivity index (χ1) is 16.7. The summed E-state index contributed by atoms with van der Waals surface area (Å²) in [7, 11) is 0. The van der Waals surface area contributed by atoms with Crippen molar-refractivity contribution in [3.63, 3.8) is 0 Å². The molecule has 0 heterocycles. The Morgan fingerprint density at radius 2 is 0.649 bits per heavy atom. The maximum absolute atomic E-state index is 10.7. The van der Waals surface area contributed by atoms with Crippen LogP contribution in [0.5, 0.6) is 0 Å². The number of hydrogen-bond acceptors (Lipinski definition) is 6. The monoisotopic (exact) mass is 652 g/mol. The summed E-state index contributed by atoms with van der Waals surface area (Å²) in [6, 6.07) is 0. The van der Waals surface area contributed by atoms with E-state index < -0.39 is 34.2 Å². The van der Waals surface area contributed by atoms with Crippen molar-refractivity contribution in [3.05, 3.63) is 0 Å². The SMILES string of the molecule is CCCCCC(C)(CC)C(=O)[O-].CCCCCC(C)(CC)C(=O)[O-].CCCCCC(C)(CC)C(=O)[O-].[La+3]. The molecule has 0 rings (SSSR count). The van der Waals surface area contributed by atoms with E-state index in [0.29, 0.717) is 19.3 Å². The summed E-state index contributed by atoms with van der Waals surface area (Å²) < 4.78 is 0. The molecule has 0 aliphatic rings. The van der Waals surface area contributed by atoms with E-state index in [1.54, 1.807) is 20.8 Å². The maximum atomic E-state index is 10.7. The second kappa shape index (κ2) is 24.6. The van der Waals surface area contributed by atoms with Gasteiger partial charge in [0.25, 0.3) is 0 Å². The quantitative estimate of drug-likeness (QED) is 0.188. The van der Waals surface area contributed by atoms with E-state index in [9.17, 15) is 29.7 Å². The van der Waals surface area contributed by atoms with Gasteiger partial charge in [0, 0.05) is 34.2 Å². The van der Waals surface area contributed by atoms with Crippen LogP contribution in [-0.2, 0) is 14.4 Å². The minimum Gasteiger partial charge on any atom is -0.550 e. The van der Waals surface area contributed by atoms with Crippen LogP contribution in [0.2, 0.25) is 0 Å². The van der Waals surface area contributed by atoms with Gasteiger partial charge in [-0.1, -0.05) is 120 Å². The zero-order valence-electron chi connectivity index (χ0n) is 25.6. The molecule has 0 amide bonds. The van der Waals surface area contributed by atoms with Crippen LogP contribution >= 0.6 is 0 Å². The summed E-state index contributed by atoms with van der Waals surface area (Å²) in [6.07, 6.45) is 14.0. The molecule has 0 spiro atoms. The Kier molecular flexibility index (Phi) is 29.1. The summed E-state index contributed by atoms with van der Waals surface area (Å²) in [5.74, 6) is -2.71. The molecule has 0 bridgehead atoms. The molecule has 37 heavy (non-hydrogen) atoms. The number of unbranched alkanes of at least 4 members (excludes halogenated alkanes) is 6. The van der Waals surface area contributed by atoms with Gasteiger partial charge in [0.15, 0.2) is 0 Å². The topological polar surface area (TPSA) is 120 Å². The van der Waals surface area contributed by atoms with Gasteiger partial charge in [-0.2, -0.15) is 0 Å². The van der Waals surface area contributed by atoms with Gasteiger partial charge in [-0.25, -0.2) is 0 Å². The minimum absolute atomic E-state index is 0. The molecule has 0 N–H and O–H groups in total. The number of rotatable bonds is 18. The van der Waals surface area contributed by atoms with Gasteiger partial charge >= 0.3 is 35.6 Å². The molecule has 0 aliphatic heterocycles. The maximum Gasteiger partial charge on any atom is 3.00 e. The number of carbonyl (C=O) groups is 3. The first-order valence-electron chi connectivity index (χ1n) is 14.3. The Morgan fingerprint density at radius 1 is 0.459 bits per heavy atom. The van der Waals surface area contributed by atoms with Crippen LogP contribution in [-0.4, -0.2) is 17.9 Å². The van der Waals surface area contributed by atoms with E-state index in [1.165, 1.54) is 0 Å². The molecule has 6 nitrogen and oxygen atoms in total. The van der Waals surface area contributed by atoms with Crippen LogP contribution in [0.25, 0.3) is 0 Å². The van der Waals surface area contributed by atoms with Gasteiger partial charge in [0.1, 0.15) is 0 Å². The number of carbonyl (C=O) groups excluding carboxylic acids is 3. The van der Waals surface area contributed by atoms with Crippen molar-refractivity contribution in [2.75, 3.05) is 0 Å². The van der Waals surface area contributed by atoms with E-state index in [0.717, 1.165) is 77.0 Å². The standard InChI is InChI=1S/3C10H20O2.La/c3*1-4-6-7-8-10(3,5-2)9(11)12;/h3*4-8H2,1-3H3,(H,11,12);/q;;;+3/p-3.